The van der Waals surface area contributed by atoms with Gasteiger partial charge in [0.1, 0.15) is 0 Å². The van der Waals surface area contributed by atoms with Gasteiger partial charge in [-0.1, -0.05) is 48.1 Å². The Morgan fingerprint density at radius 3 is 2.56 bits per heavy atom. The molecule has 1 aromatic carbocycles. The number of carbonyl (C=O) groups is 1. The summed E-state index contributed by atoms with van der Waals surface area (Å²) in [5, 5.41) is 2.88. The van der Waals surface area contributed by atoms with Crippen molar-refractivity contribution >= 4 is 44.7 Å². The van der Waals surface area contributed by atoms with Gasteiger partial charge >= 0.3 is 0 Å². The molecule has 3 nitrogen and oxygen atoms in total. The Hall–Kier alpha value is -0.940. The maximum atomic E-state index is 12.2. The van der Waals surface area contributed by atoms with Crippen molar-refractivity contribution in [3.63, 3.8) is 0 Å². The van der Waals surface area contributed by atoms with Gasteiger partial charge in [0.2, 0.25) is 5.91 Å². The predicted molar refractivity (Wildman–Crippen MR) is 82.6 cm³/mol. The third kappa shape index (κ3) is 3.78. The number of aryl methyl sites for hydroxylation is 1. The first-order valence-electron chi connectivity index (χ1n) is 5.69. The molecule has 1 rings (SSSR count). The van der Waals surface area contributed by atoms with Crippen LogP contribution in [0, 0.1) is 18.8 Å². The van der Waals surface area contributed by atoms with Gasteiger partial charge in [-0.25, -0.2) is 0 Å². The Balaban J connectivity index is 2.92. The van der Waals surface area contributed by atoms with E-state index in [1.165, 1.54) is 0 Å². The maximum Gasteiger partial charge on any atom is 0.234 e. The molecule has 0 fully saturated rings. The van der Waals surface area contributed by atoms with E-state index in [0.29, 0.717) is 0 Å². The van der Waals surface area contributed by atoms with Gasteiger partial charge in [-0.05, 0) is 30.5 Å². The molecule has 0 bridgehead atoms. The number of benzene rings is 1. The minimum atomic E-state index is -0.446. The third-order valence-electron chi connectivity index (χ3n) is 2.71. The molecule has 0 aliphatic rings. The molecular formula is C13H17BrN2OS. The number of halogens is 1. The van der Waals surface area contributed by atoms with Crippen LogP contribution in [0.15, 0.2) is 22.7 Å². The molecule has 0 radical (unpaired) electrons. The topological polar surface area (TPSA) is 55.1 Å². The fraction of sp³-hybridized carbons (Fsp3) is 0.385. The molecule has 0 aliphatic carbocycles. The van der Waals surface area contributed by atoms with Crippen LogP contribution in [0.4, 0.5) is 5.69 Å². The van der Waals surface area contributed by atoms with Gasteiger partial charge < -0.3 is 11.1 Å². The number of hydrogen-bond acceptors (Lipinski definition) is 2. The lowest BCUT2D eigenvalue weighted by atomic mass is 9.95. The van der Waals surface area contributed by atoms with E-state index in [-0.39, 0.29) is 16.8 Å². The summed E-state index contributed by atoms with van der Waals surface area (Å²) < 4.78 is 0.917. The third-order valence-corrected chi connectivity index (χ3v) is 3.46. The maximum absolute atomic E-state index is 12.2. The molecule has 0 spiro atoms. The van der Waals surface area contributed by atoms with Crippen LogP contribution in [0.1, 0.15) is 19.4 Å². The fourth-order valence-electron chi connectivity index (χ4n) is 1.70. The summed E-state index contributed by atoms with van der Waals surface area (Å²) in [5.74, 6) is -0.521. The minimum absolute atomic E-state index is 0.0787. The van der Waals surface area contributed by atoms with Crippen molar-refractivity contribution in [1.29, 1.82) is 0 Å². The summed E-state index contributed by atoms with van der Waals surface area (Å²) in [6.07, 6.45) is 0. The Kier molecular flexibility index (Phi) is 5.28. The van der Waals surface area contributed by atoms with E-state index in [1.54, 1.807) is 0 Å². The Morgan fingerprint density at radius 2 is 2.06 bits per heavy atom. The molecule has 0 saturated carbocycles. The molecule has 5 heteroatoms. The lowest BCUT2D eigenvalue weighted by molar-refractivity contribution is -0.118. The van der Waals surface area contributed by atoms with Gasteiger partial charge in [-0.15, -0.1) is 0 Å². The molecule has 1 unspecified atom stereocenters. The van der Waals surface area contributed by atoms with Gasteiger partial charge in [0.15, 0.2) is 0 Å². The molecule has 1 amide bonds. The van der Waals surface area contributed by atoms with E-state index in [0.717, 1.165) is 15.7 Å². The molecule has 3 N–H and O–H groups in total. The van der Waals surface area contributed by atoms with Crippen molar-refractivity contribution in [1.82, 2.24) is 0 Å². The molecule has 0 heterocycles. The molecule has 0 aromatic heterocycles. The van der Waals surface area contributed by atoms with Crippen LogP contribution in [0.25, 0.3) is 0 Å². The second kappa shape index (κ2) is 6.29. The van der Waals surface area contributed by atoms with E-state index in [1.807, 2.05) is 39.0 Å². The Labute approximate surface area is 121 Å². The van der Waals surface area contributed by atoms with Crippen LogP contribution in [0.5, 0.6) is 0 Å². The summed E-state index contributed by atoms with van der Waals surface area (Å²) in [7, 11) is 0. The zero-order valence-corrected chi connectivity index (χ0v) is 13.1. The largest absolute Gasteiger partial charge is 0.393 e. The van der Waals surface area contributed by atoms with Crippen LogP contribution in [-0.2, 0) is 4.79 Å². The summed E-state index contributed by atoms with van der Waals surface area (Å²) >= 11 is 8.33. The highest BCUT2D eigenvalue weighted by Gasteiger charge is 2.25. The number of anilines is 1. The van der Waals surface area contributed by atoms with Crippen LogP contribution >= 0.6 is 28.1 Å². The lowest BCUT2D eigenvalue weighted by Crippen LogP contribution is -2.36. The first kappa shape index (κ1) is 15.1. The highest BCUT2D eigenvalue weighted by molar-refractivity contribution is 9.10. The molecule has 0 aliphatic heterocycles. The van der Waals surface area contributed by atoms with Crippen molar-refractivity contribution in [2.45, 2.75) is 20.8 Å². The number of hydrogen-bond donors (Lipinski definition) is 2. The highest BCUT2D eigenvalue weighted by Crippen LogP contribution is 2.22. The van der Waals surface area contributed by atoms with E-state index in [9.17, 15) is 4.79 Å². The van der Waals surface area contributed by atoms with Gasteiger partial charge in [-0.3, -0.25) is 4.79 Å². The monoisotopic (exact) mass is 328 g/mol. The Morgan fingerprint density at radius 1 is 1.44 bits per heavy atom. The molecule has 98 valence electrons. The standard InChI is InChI=1S/C13H17BrN2OS/c1-7(2)11(12(15)18)13(17)16-10-6-9(14)5-4-8(10)3/h4-7,11H,1-3H3,(H2,15,18)(H,16,17). The molecular weight excluding hydrogens is 312 g/mol. The number of rotatable bonds is 4. The van der Waals surface area contributed by atoms with Gasteiger partial charge in [0.25, 0.3) is 0 Å². The first-order valence-corrected chi connectivity index (χ1v) is 6.89. The zero-order chi connectivity index (χ0) is 13.9. The SMILES string of the molecule is Cc1ccc(Br)cc1NC(=O)C(C(N)=S)C(C)C. The van der Waals surface area contributed by atoms with Crippen molar-refractivity contribution in [2.75, 3.05) is 5.32 Å². The van der Waals surface area contributed by atoms with Gasteiger partial charge in [-0.2, -0.15) is 0 Å². The van der Waals surface area contributed by atoms with Crippen LogP contribution in [0.2, 0.25) is 0 Å². The number of nitrogens with one attached hydrogen (secondary N) is 1. The van der Waals surface area contributed by atoms with Crippen molar-refractivity contribution in [2.24, 2.45) is 17.6 Å². The van der Waals surface area contributed by atoms with Gasteiger partial charge in [0.05, 0.1) is 10.9 Å². The number of carbonyl (C=O) groups excluding carboxylic acids is 1. The van der Waals surface area contributed by atoms with E-state index in [4.69, 9.17) is 18.0 Å². The van der Waals surface area contributed by atoms with Crippen LogP contribution in [0.3, 0.4) is 0 Å². The van der Waals surface area contributed by atoms with E-state index >= 15 is 0 Å². The zero-order valence-electron chi connectivity index (χ0n) is 10.7. The lowest BCUT2D eigenvalue weighted by Gasteiger charge is -2.19. The van der Waals surface area contributed by atoms with Gasteiger partial charge in [0, 0.05) is 10.2 Å². The summed E-state index contributed by atoms with van der Waals surface area (Å²) in [6, 6.07) is 5.73. The first-order chi connectivity index (χ1) is 8.32. The van der Waals surface area contributed by atoms with Crippen LogP contribution < -0.4 is 11.1 Å². The molecule has 1 aromatic rings. The minimum Gasteiger partial charge on any atom is -0.393 e. The van der Waals surface area contributed by atoms with Crippen molar-refractivity contribution in [3.05, 3.63) is 28.2 Å². The molecule has 0 saturated heterocycles. The number of amides is 1. The van der Waals surface area contributed by atoms with E-state index < -0.39 is 5.92 Å². The van der Waals surface area contributed by atoms with Crippen LogP contribution in [-0.4, -0.2) is 10.9 Å². The van der Waals surface area contributed by atoms with Crippen molar-refractivity contribution < 1.29 is 4.79 Å². The summed E-state index contributed by atoms with van der Waals surface area (Å²) in [4.78, 5) is 12.4. The Bertz CT molecular complexity index is 474. The molecule has 1 atom stereocenters. The normalized spacial score (nSPS) is 12.3. The summed E-state index contributed by atoms with van der Waals surface area (Å²) in [5.41, 5.74) is 7.39. The fourth-order valence-corrected chi connectivity index (χ4v) is 2.44. The van der Waals surface area contributed by atoms with Crippen molar-refractivity contribution in [3.8, 4) is 0 Å². The number of thiocarbonyl (C=S) groups is 1. The van der Waals surface area contributed by atoms with E-state index in [2.05, 4.69) is 21.2 Å². The smallest absolute Gasteiger partial charge is 0.234 e. The summed E-state index contributed by atoms with van der Waals surface area (Å²) in [6.45, 7) is 5.79. The second-order valence-corrected chi connectivity index (χ2v) is 5.96. The molecule has 18 heavy (non-hydrogen) atoms. The average molecular weight is 329 g/mol. The highest BCUT2D eigenvalue weighted by atomic mass is 79.9. The predicted octanol–water partition coefficient (Wildman–Crippen LogP) is 3.25. The quantitative estimate of drug-likeness (QED) is 0.834. The second-order valence-electron chi connectivity index (χ2n) is 4.57. The average Bonchev–Trinajstić information content (AvgIpc) is 2.22. The number of nitrogens with two attached hydrogens (primary N) is 1.